The van der Waals surface area contributed by atoms with Crippen LogP contribution in [-0.2, 0) is 24.1 Å². The van der Waals surface area contributed by atoms with Crippen molar-refractivity contribution in [3.8, 4) is 11.5 Å². The molecule has 180 valence electrons. The zero-order chi connectivity index (χ0) is 24.5. The zero-order valence-electron chi connectivity index (χ0n) is 20.6. The lowest BCUT2D eigenvalue weighted by Crippen LogP contribution is -2.35. The minimum absolute atomic E-state index is 0.0115. The van der Waals surface area contributed by atoms with Gasteiger partial charge in [0, 0.05) is 17.7 Å². The van der Waals surface area contributed by atoms with E-state index < -0.39 is 5.63 Å². The Morgan fingerprint density at radius 1 is 1.24 bits per heavy atom. The number of aryl methyl sites for hydroxylation is 3. The predicted molar refractivity (Wildman–Crippen MR) is 133 cm³/mol. The molecule has 3 aromatic rings. The number of benzene rings is 2. The van der Waals surface area contributed by atoms with E-state index in [1.54, 1.807) is 7.11 Å². The maximum absolute atomic E-state index is 13.0. The zero-order valence-corrected chi connectivity index (χ0v) is 20.6. The molecular weight excluding hydrogens is 430 g/mol. The van der Waals surface area contributed by atoms with Crippen LogP contribution in [0.1, 0.15) is 55.9 Å². The van der Waals surface area contributed by atoms with Gasteiger partial charge in [0.05, 0.1) is 24.5 Å². The molecule has 1 aromatic heterocycles. The highest BCUT2D eigenvalue weighted by Crippen LogP contribution is 2.43. The number of fused-ring (bicyclic) bond motifs is 3. The average molecular weight is 464 g/mol. The molecule has 1 aliphatic heterocycles. The molecule has 34 heavy (non-hydrogen) atoms. The lowest BCUT2D eigenvalue weighted by atomic mass is 9.91. The normalized spacial score (nSPS) is 15.3. The monoisotopic (exact) mass is 463 g/mol. The lowest BCUT2D eigenvalue weighted by Gasteiger charge is -2.33. The van der Waals surface area contributed by atoms with E-state index in [1.165, 1.54) is 5.56 Å². The average Bonchev–Trinajstić information content (AvgIpc) is 2.79. The SMILES string of the molecule is COc1cc2c(c3oc(=O)c(CC(=O)N[C@H](C)CCc4ccccc4)c(C)c13)CCC(C)(C)O2. The molecule has 1 atom stereocenters. The summed E-state index contributed by atoms with van der Waals surface area (Å²) in [5.74, 6) is 1.06. The van der Waals surface area contributed by atoms with Crippen molar-refractivity contribution in [2.45, 2.75) is 71.4 Å². The highest BCUT2D eigenvalue weighted by Gasteiger charge is 2.31. The number of hydrogen-bond acceptors (Lipinski definition) is 5. The topological polar surface area (TPSA) is 77.8 Å². The van der Waals surface area contributed by atoms with Crippen molar-refractivity contribution < 1.29 is 18.7 Å². The van der Waals surface area contributed by atoms with Crippen LogP contribution in [0.15, 0.2) is 45.6 Å². The van der Waals surface area contributed by atoms with Crippen LogP contribution < -0.4 is 20.4 Å². The maximum Gasteiger partial charge on any atom is 0.340 e. The fraction of sp³-hybridized carbons (Fsp3) is 0.429. The first-order valence-electron chi connectivity index (χ1n) is 11.9. The van der Waals surface area contributed by atoms with Crippen molar-refractivity contribution in [2.75, 3.05) is 7.11 Å². The number of carbonyl (C=O) groups is 1. The number of amides is 1. The number of rotatable bonds is 7. The number of carbonyl (C=O) groups excluding carboxylic acids is 1. The van der Waals surface area contributed by atoms with E-state index in [0.717, 1.165) is 36.6 Å². The summed E-state index contributed by atoms with van der Waals surface area (Å²) in [6, 6.07) is 12.0. The number of hydrogen-bond donors (Lipinski definition) is 1. The molecule has 2 aromatic carbocycles. The minimum Gasteiger partial charge on any atom is -0.496 e. The predicted octanol–water partition coefficient (Wildman–Crippen LogP) is 4.89. The molecule has 1 aliphatic rings. The van der Waals surface area contributed by atoms with Crippen molar-refractivity contribution in [2.24, 2.45) is 0 Å². The number of nitrogens with one attached hydrogen (secondary N) is 1. The summed E-state index contributed by atoms with van der Waals surface area (Å²) in [7, 11) is 1.58. The van der Waals surface area contributed by atoms with Crippen molar-refractivity contribution in [3.05, 3.63) is 69.1 Å². The summed E-state index contributed by atoms with van der Waals surface area (Å²) in [6.45, 7) is 7.91. The summed E-state index contributed by atoms with van der Waals surface area (Å²) in [5.41, 5.74) is 2.89. The Balaban J connectivity index is 1.57. The fourth-order valence-electron chi connectivity index (χ4n) is 4.63. The second kappa shape index (κ2) is 9.53. The van der Waals surface area contributed by atoms with Gasteiger partial charge < -0.3 is 19.2 Å². The molecule has 6 nitrogen and oxygen atoms in total. The molecule has 0 bridgehead atoms. The Morgan fingerprint density at radius 3 is 2.68 bits per heavy atom. The summed E-state index contributed by atoms with van der Waals surface area (Å²) in [5, 5.41) is 3.74. The van der Waals surface area contributed by atoms with Crippen LogP contribution in [0.3, 0.4) is 0 Å². The van der Waals surface area contributed by atoms with Gasteiger partial charge in [-0.05, 0) is 64.5 Å². The van der Waals surface area contributed by atoms with Crippen LogP contribution in [0.5, 0.6) is 11.5 Å². The molecule has 0 fully saturated rings. The van der Waals surface area contributed by atoms with Crippen LogP contribution in [0.2, 0.25) is 0 Å². The highest BCUT2D eigenvalue weighted by atomic mass is 16.5. The summed E-state index contributed by atoms with van der Waals surface area (Å²) < 4.78 is 17.6. The Morgan fingerprint density at radius 2 is 1.97 bits per heavy atom. The van der Waals surface area contributed by atoms with Gasteiger partial charge in [-0.2, -0.15) is 0 Å². The Bertz CT molecular complexity index is 1260. The van der Waals surface area contributed by atoms with E-state index in [1.807, 2.05) is 52.0 Å². The third-order valence-corrected chi connectivity index (χ3v) is 6.61. The van der Waals surface area contributed by atoms with E-state index in [4.69, 9.17) is 13.9 Å². The molecule has 0 radical (unpaired) electrons. The molecule has 0 spiro atoms. The molecule has 6 heteroatoms. The van der Waals surface area contributed by atoms with Gasteiger partial charge in [0.1, 0.15) is 22.7 Å². The second-order valence-corrected chi connectivity index (χ2v) is 9.78. The molecule has 1 N–H and O–H groups in total. The first-order chi connectivity index (χ1) is 16.2. The van der Waals surface area contributed by atoms with Gasteiger partial charge in [0.25, 0.3) is 0 Å². The summed E-state index contributed by atoms with van der Waals surface area (Å²) >= 11 is 0. The van der Waals surface area contributed by atoms with Gasteiger partial charge in [0.2, 0.25) is 5.91 Å². The van der Waals surface area contributed by atoms with E-state index in [9.17, 15) is 9.59 Å². The highest BCUT2D eigenvalue weighted by molar-refractivity contribution is 5.93. The number of methoxy groups -OCH3 is 1. The Labute approximate surface area is 200 Å². The van der Waals surface area contributed by atoms with Crippen LogP contribution in [0, 0.1) is 6.92 Å². The minimum atomic E-state index is -0.489. The van der Waals surface area contributed by atoms with Crippen LogP contribution in [0.25, 0.3) is 11.0 Å². The van der Waals surface area contributed by atoms with Crippen molar-refractivity contribution >= 4 is 16.9 Å². The van der Waals surface area contributed by atoms with Crippen molar-refractivity contribution in [3.63, 3.8) is 0 Å². The number of ether oxygens (including phenoxy) is 2. The Hall–Kier alpha value is -3.28. The van der Waals surface area contributed by atoms with E-state index in [2.05, 4.69) is 17.4 Å². The molecule has 0 saturated carbocycles. The van der Waals surface area contributed by atoms with Gasteiger partial charge in [-0.1, -0.05) is 30.3 Å². The Kier molecular flexibility index (Phi) is 6.69. The first-order valence-corrected chi connectivity index (χ1v) is 11.9. The fourth-order valence-corrected chi connectivity index (χ4v) is 4.63. The van der Waals surface area contributed by atoms with E-state index >= 15 is 0 Å². The molecule has 2 heterocycles. The quantitative estimate of drug-likeness (QED) is 0.505. The maximum atomic E-state index is 13.0. The molecule has 1 amide bonds. The van der Waals surface area contributed by atoms with Crippen LogP contribution in [0.4, 0.5) is 0 Å². The standard InChI is InChI=1S/C28H33NO5/c1-17(11-12-19-9-7-6-8-10-19)29-24(30)15-21-18(2)25-23(32-5)16-22-20(26(25)33-27(21)31)13-14-28(3,4)34-22/h6-10,16-17H,11-15H2,1-5H3,(H,29,30)/t17-/m1/s1. The van der Waals surface area contributed by atoms with Gasteiger partial charge in [-0.3, -0.25) is 4.79 Å². The first kappa shape index (κ1) is 23.9. The van der Waals surface area contributed by atoms with Gasteiger partial charge in [-0.25, -0.2) is 4.79 Å². The largest absolute Gasteiger partial charge is 0.496 e. The molecule has 0 unspecified atom stereocenters. The lowest BCUT2D eigenvalue weighted by molar-refractivity contribution is -0.121. The van der Waals surface area contributed by atoms with Gasteiger partial charge >= 0.3 is 5.63 Å². The summed E-state index contributed by atoms with van der Waals surface area (Å²) in [4.78, 5) is 25.8. The molecule has 4 rings (SSSR count). The van der Waals surface area contributed by atoms with Gasteiger partial charge in [-0.15, -0.1) is 0 Å². The molecular formula is C28H33NO5. The van der Waals surface area contributed by atoms with E-state index in [0.29, 0.717) is 28.2 Å². The van der Waals surface area contributed by atoms with Crippen molar-refractivity contribution in [1.29, 1.82) is 0 Å². The van der Waals surface area contributed by atoms with Gasteiger partial charge in [0.15, 0.2) is 0 Å². The third kappa shape index (κ3) is 4.96. The second-order valence-electron chi connectivity index (χ2n) is 9.78. The smallest absolute Gasteiger partial charge is 0.340 e. The van der Waals surface area contributed by atoms with E-state index in [-0.39, 0.29) is 24.0 Å². The van der Waals surface area contributed by atoms with Crippen LogP contribution >= 0.6 is 0 Å². The third-order valence-electron chi connectivity index (χ3n) is 6.61. The van der Waals surface area contributed by atoms with Crippen molar-refractivity contribution in [1.82, 2.24) is 5.32 Å². The summed E-state index contributed by atoms with van der Waals surface area (Å²) in [6.07, 6.45) is 3.21. The van der Waals surface area contributed by atoms with Crippen LogP contribution in [-0.4, -0.2) is 24.7 Å². The molecule has 0 saturated heterocycles. The molecule has 0 aliphatic carbocycles.